The summed E-state index contributed by atoms with van der Waals surface area (Å²) in [7, 11) is 0. The van der Waals surface area contributed by atoms with E-state index in [0.29, 0.717) is 12.0 Å². The van der Waals surface area contributed by atoms with Gasteiger partial charge in [0.05, 0.1) is 0 Å². The zero-order valence-electron chi connectivity index (χ0n) is 9.34. The molecule has 18 heavy (non-hydrogen) atoms. The van der Waals surface area contributed by atoms with E-state index >= 15 is 0 Å². The number of alkyl halides is 1. The van der Waals surface area contributed by atoms with Gasteiger partial charge in [0.1, 0.15) is 11.6 Å². The lowest BCUT2D eigenvalue weighted by molar-refractivity contribution is 0.607. The molecule has 2 aromatic rings. The third kappa shape index (κ3) is 3.29. The van der Waals surface area contributed by atoms with Crippen LogP contribution in [-0.2, 0) is 6.42 Å². The molecule has 0 nitrogen and oxygen atoms in total. The number of benzene rings is 2. The molecule has 94 valence electrons. The van der Waals surface area contributed by atoms with E-state index < -0.39 is 0 Å². The van der Waals surface area contributed by atoms with E-state index in [2.05, 4.69) is 38.5 Å². The van der Waals surface area contributed by atoms with E-state index in [4.69, 9.17) is 0 Å². The Morgan fingerprint density at radius 2 is 1.83 bits per heavy atom. The third-order valence-electron chi connectivity index (χ3n) is 2.66. The molecule has 2 rings (SSSR count). The quantitative estimate of drug-likeness (QED) is 0.468. The summed E-state index contributed by atoms with van der Waals surface area (Å²) >= 11 is 5.63. The molecular weight excluding hydrogens is 413 g/mol. The van der Waals surface area contributed by atoms with Crippen LogP contribution in [0.4, 0.5) is 8.78 Å². The summed E-state index contributed by atoms with van der Waals surface area (Å²) in [6.45, 7) is 0. The summed E-state index contributed by atoms with van der Waals surface area (Å²) in [6.07, 6.45) is 0.536. The Balaban J connectivity index is 2.22. The molecule has 0 amide bonds. The van der Waals surface area contributed by atoms with E-state index in [-0.39, 0.29) is 16.5 Å². The van der Waals surface area contributed by atoms with Gasteiger partial charge in [-0.1, -0.05) is 40.2 Å². The van der Waals surface area contributed by atoms with E-state index in [1.807, 2.05) is 6.07 Å². The maximum Gasteiger partial charge on any atom is 0.126 e. The zero-order valence-corrected chi connectivity index (χ0v) is 13.1. The maximum atomic E-state index is 13.5. The van der Waals surface area contributed by atoms with Crippen LogP contribution in [0.15, 0.2) is 42.5 Å². The van der Waals surface area contributed by atoms with Gasteiger partial charge in [-0.05, 0) is 58.3 Å². The maximum absolute atomic E-state index is 13.5. The molecule has 0 N–H and O–H groups in total. The Bertz CT molecular complexity index is 557. The Morgan fingerprint density at radius 3 is 2.50 bits per heavy atom. The van der Waals surface area contributed by atoms with E-state index in [9.17, 15) is 8.78 Å². The van der Waals surface area contributed by atoms with Crippen molar-refractivity contribution >= 4 is 38.5 Å². The Labute approximate surface area is 127 Å². The van der Waals surface area contributed by atoms with Crippen LogP contribution < -0.4 is 0 Å². The minimum absolute atomic E-state index is 0.0260. The van der Waals surface area contributed by atoms with Crippen molar-refractivity contribution in [3.05, 3.63) is 68.8 Å². The highest BCUT2D eigenvalue weighted by atomic mass is 127. The molecule has 0 fully saturated rings. The monoisotopic (exact) mass is 422 g/mol. The van der Waals surface area contributed by atoms with Crippen LogP contribution in [-0.4, -0.2) is 0 Å². The summed E-state index contributed by atoms with van der Waals surface area (Å²) in [5.41, 5.74) is 1.62. The van der Waals surface area contributed by atoms with Gasteiger partial charge in [0.25, 0.3) is 0 Å². The fourth-order valence-corrected chi connectivity index (χ4v) is 3.75. The van der Waals surface area contributed by atoms with Crippen molar-refractivity contribution in [1.29, 1.82) is 0 Å². The predicted molar refractivity (Wildman–Crippen MR) is 80.9 cm³/mol. The van der Waals surface area contributed by atoms with E-state index in [1.54, 1.807) is 18.2 Å². The van der Waals surface area contributed by atoms with Gasteiger partial charge >= 0.3 is 0 Å². The molecule has 0 aliphatic heterocycles. The van der Waals surface area contributed by atoms with Crippen molar-refractivity contribution in [3.63, 3.8) is 0 Å². The third-order valence-corrected chi connectivity index (χ3v) is 4.41. The van der Waals surface area contributed by atoms with Crippen molar-refractivity contribution in [2.45, 2.75) is 11.2 Å². The van der Waals surface area contributed by atoms with Gasteiger partial charge in [0.15, 0.2) is 0 Å². The SMILES string of the molecule is Fc1ccc(C(Br)Cc2ccccc2F)c(I)c1. The average molecular weight is 423 g/mol. The Morgan fingerprint density at radius 1 is 1.11 bits per heavy atom. The van der Waals surface area contributed by atoms with Crippen molar-refractivity contribution in [1.82, 2.24) is 0 Å². The van der Waals surface area contributed by atoms with Crippen LogP contribution >= 0.6 is 38.5 Å². The lowest BCUT2D eigenvalue weighted by atomic mass is 10.0. The van der Waals surface area contributed by atoms with Gasteiger partial charge in [-0.25, -0.2) is 8.78 Å². The standard InChI is InChI=1S/C14H10BrF2I/c15-12(7-9-3-1-2-4-13(9)17)11-6-5-10(16)8-14(11)18/h1-6,8,12H,7H2. The van der Waals surface area contributed by atoms with Gasteiger partial charge in [-0.15, -0.1) is 0 Å². The highest BCUT2D eigenvalue weighted by molar-refractivity contribution is 14.1. The molecule has 0 radical (unpaired) electrons. The van der Waals surface area contributed by atoms with Crippen LogP contribution in [0.3, 0.4) is 0 Å². The lowest BCUT2D eigenvalue weighted by Crippen LogP contribution is -2.00. The molecule has 1 unspecified atom stereocenters. The molecule has 0 heterocycles. The molecule has 0 saturated heterocycles. The largest absolute Gasteiger partial charge is 0.207 e. The fourth-order valence-electron chi connectivity index (χ4n) is 1.72. The van der Waals surface area contributed by atoms with Crippen molar-refractivity contribution in [2.75, 3.05) is 0 Å². The molecular formula is C14H10BrF2I. The predicted octanol–water partition coefficient (Wildman–Crippen LogP) is 5.25. The van der Waals surface area contributed by atoms with Crippen LogP contribution in [0.2, 0.25) is 0 Å². The van der Waals surface area contributed by atoms with Gasteiger partial charge in [0, 0.05) is 8.40 Å². The molecule has 0 aromatic heterocycles. The number of hydrogen-bond acceptors (Lipinski definition) is 0. The molecule has 0 aliphatic carbocycles. The first-order valence-electron chi connectivity index (χ1n) is 5.40. The first-order valence-corrected chi connectivity index (χ1v) is 7.40. The van der Waals surface area contributed by atoms with Gasteiger partial charge < -0.3 is 0 Å². The van der Waals surface area contributed by atoms with Crippen LogP contribution in [0.1, 0.15) is 16.0 Å². The molecule has 2 aromatic carbocycles. The minimum atomic E-state index is -0.256. The number of halogens is 4. The second-order valence-corrected chi connectivity index (χ2v) is 6.20. The second kappa shape index (κ2) is 6.10. The molecule has 1 atom stereocenters. The van der Waals surface area contributed by atoms with Gasteiger partial charge in [-0.2, -0.15) is 0 Å². The highest BCUT2D eigenvalue weighted by Crippen LogP contribution is 2.31. The lowest BCUT2D eigenvalue weighted by Gasteiger charge is -2.13. The summed E-state index contributed by atoms with van der Waals surface area (Å²) in [5.74, 6) is -0.465. The van der Waals surface area contributed by atoms with Crippen LogP contribution in [0.25, 0.3) is 0 Å². The average Bonchev–Trinajstić information content (AvgIpc) is 2.32. The highest BCUT2D eigenvalue weighted by Gasteiger charge is 2.14. The summed E-state index contributed by atoms with van der Waals surface area (Å²) in [6, 6.07) is 11.3. The Hall–Kier alpha value is -0.490. The first-order chi connectivity index (χ1) is 8.58. The van der Waals surface area contributed by atoms with Crippen molar-refractivity contribution < 1.29 is 8.78 Å². The molecule has 0 bridgehead atoms. The van der Waals surface area contributed by atoms with Crippen molar-refractivity contribution in [2.24, 2.45) is 0 Å². The normalized spacial score (nSPS) is 12.4. The fraction of sp³-hybridized carbons (Fsp3) is 0.143. The van der Waals surface area contributed by atoms with Crippen LogP contribution in [0.5, 0.6) is 0 Å². The topological polar surface area (TPSA) is 0 Å². The zero-order chi connectivity index (χ0) is 13.1. The molecule has 4 heteroatoms. The Kier molecular flexibility index (Phi) is 4.72. The summed E-state index contributed by atoms with van der Waals surface area (Å²) < 4.78 is 27.4. The van der Waals surface area contributed by atoms with Crippen LogP contribution in [0, 0.1) is 15.2 Å². The van der Waals surface area contributed by atoms with Gasteiger partial charge in [-0.3, -0.25) is 0 Å². The minimum Gasteiger partial charge on any atom is -0.207 e. The van der Waals surface area contributed by atoms with Crippen molar-refractivity contribution in [3.8, 4) is 0 Å². The molecule has 0 saturated carbocycles. The number of hydrogen-bond donors (Lipinski definition) is 0. The van der Waals surface area contributed by atoms with E-state index in [0.717, 1.165) is 9.13 Å². The van der Waals surface area contributed by atoms with Gasteiger partial charge in [0.2, 0.25) is 0 Å². The number of rotatable bonds is 3. The van der Waals surface area contributed by atoms with E-state index in [1.165, 1.54) is 18.2 Å². The molecule has 0 aliphatic rings. The summed E-state index contributed by atoms with van der Waals surface area (Å²) in [4.78, 5) is -0.0260. The smallest absolute Gasteiger partial charge is 0.126 e. The first kappa shape index (κ1) is 13.9. The molecule has 0 spiro atoms. The second-order valence-electron chi connectivity index (χ2n) is 3.93. The summed E-state index contributed by atoms with van der Waals surface area (Å²) in [5, 5.41) is 0.